The number of nitrogens with zero attached hydrogens (tertiary/aromatic N) is 1. The van der Waals surface area contributed by atoms with E-state index >= 15 is 0 Å². The zero-order valence-electron chi connectivity index (χ0n) is 12.1. The Bertz CT molecular complexity index is 721. The number of benzene rings is 1. The molecule has 0 bridgehead atoms. The van der Waals surface area contributed by atoms with Crippen LogP contribution in [0.4, 0.5) is 0 Å². The van der Waals surface area contributed by atoms with Gasteiger partial charge in [-0.25, -0.2) is 9.59 Å². The number of rotatable bonds is 3. The molecule has 21 heavy (non-hydrogen) atoms. The van der Waals surface area contributed by atoms with Crippen molar-refractivity contribution in [2.75, 3.05) is 0 Å². The van der Waals surface area contributed by atoms with Gasteiger partial charge in [0, 0.05) is 6.04 Å². The van der Waals surface area contributed by atoms with Crippen molar-refractivity contribution in [3.8, 4) is 0 Å². The van der Waals surface area contributed by atoms with Gasteiger partial charge in [-0.15, -0.1) is 0 Å². The van der Waals surface area contributed by atoms with Crippen LogP contribution in [0.5, 0.6) is 0 Å². The SMILES string of the molecule is CCC1CCC(n2c(=O)[nH]c3c(C(=O)O)cccc32)CC1. The van der Waals surface area contributed by atoms with E-state index in [4.69, 9.17) is 0 Å². The third kappa shape index (κ3) is 2.37. The van der Waals surface area contributed by atoms with Crippen molar-refractivity contribution in [2.24, 2.45) is 5.92 Å². The minimum Gasteiger partial charge on any atom is -0.478 e. The summed E-state index contributed by atoms with van der Waals surface area (Å²) >= 11 is 0. The summed E-state index contributed by atoms with van der Waals surface area (Å²) in [7, 11) is 0. The van der Waals surface area contributed by atoms with Crippen molar-refractivity contribution >= 4 is 17.0 Å². The number of carboxylic acid groups (broad SMARTS) is 1. The number of aromatic nitrogens is 2. The maximum atomic E-state index is 12.3. The molecule has 1 aromatic heterocycles. The molecule has 1 aromatic carbocycles. The number of H-pyrrole nitrogens is 1. The molecule has 5 nitrogen and oxygen atoms in total. The summed E-state index contributed by atoms with van der Waals surface area (Å²) in [6.07, 6.45) is 5.45. The van der Waals surface area contributed by atoms with Crippen LogP contribution in [0.25, 0.3) is 11.0 Å². The molecule has 3 rings (SSSR count). The van der Waals surface area contributed by atoms with Gasteiger partial charge in [0.25, 0.3) is 0 Å². The number of carboxylic acids is 1. The van der Waals surface area contributed by atoms with Gasteiger partial charge in [0.05, 0.1) is 16.6 Å². The third-order valence-electron chi connectivity index (χ3n) is 4.74. The first-order chi connectivity index (χ1) is 10.1. The van der Waals surface area contributed by atoms with E-state index < -0.39 is 5.97 Å². The van der Waals surface area contributed by atoms with Crippen LogP contribution in [0.1, 0.15) is 55.4 Å². The van der Waals surface area contributed by atoms with Crippen molar-refractivity contribution in [3.05, 3.63) is 34.2 Å². The van der Waals surface area contributed by atoms with Gasteiger partial charge >= 0.3 is 11.7 Å². The Kier molecular flexibility index (Phi) is 3.57. The van der Waals surface area contributed by atoms with Crippen LogP contribution in [0.3, 0.4) is 0 Å². The van der Waals surface area contributed by atoms with Crippen LogP contribution in [-0.4, -0.2) is 20.6 Å². The van der Waals surface area contributed by atoms with E-state index in [0.29, 0.717) is 11.0 Å². The highest BCUT2D eigenvalue weighted by Crippen LogP contribution is 2.34. The lowest BCUT2D eigenvalue weighted by Gasteiger charge is -2.28. The molecule has 1 fully saturated rings. The average molecular weight is 288 g/mol. The first kappa shape index (κ1) is 13.9. The van der Waals surface area contributed by atoms with Gasteiger partial charge in [0.15, 0.2) is 0 Å². The number of para-hydroxylation sites is 1. The highest BCUT2D eigenvalue weighted by atomic mass is 16.4. The highest BCUT2D eigenvalue weighted by Gasteiger charge is 2.25. The van der Waals surface area contributed by atoms with Crippen LogP contribution in [0, 0.1) is 5.92 Å². The van der Waals surface area contributed by atoms with Crippen molar-refractivity contribution in [1.82, 2.24) is 9.55 Å². The largest absolute Gasteiger partial charge is 0.478 e. The summed E-state index contributed by atoms with van der Waals surface area (Å²) in [5, 5.41) is 9.23. The topological polar surface area (TPSA) is 75.1 Å². The first-order valence-electron chi connectivity index (χ1n) is 7.58. The normalized spacial score (nSPS) is 22.5. The van der Waals surface area contributed by atoms with Gasteiger partial charge < -0.3 is 10.1 Å². The number of imidazole rings is 1. The fourth-order valence-electron chi connectivity index (χ4n) is 3.50. The number of aromatic carboxylic acids is 1. The lowest BCUT2D eigenvalue weighted by Crippen LogP contribution is -2.26. The maximum absolute atomic E-state index is 12.3. The summed E-state index contributed by atoms with van der Waals surface area (Å²) in [5.41, 5.74) is 1.11. The lowest BCUT2D eigenvalue weighted by atomic mass is 9.84. The molecule has 0 unspecified atom stereocenters. The molecular weight excluding hydrogens is 268 g/mol. The lowest BCUT2D eigenvalue weighted by molar-refractivity contribution is 0.0699. The molecule has 5 heteroatoms. The molecular formula is C16H20N2O3. The van der Waals surface area contributed by atoms with Gasteiger partial charge in [-0.05, 0) is 43.7 Å². The highest BCUT2D eigenvalue weighted by molar-refractivity contribution is 6.00. The molecule has 1 aliphatic carbocycles. The number of aromatic amines is 1. The maximum Gasteiger partial charge on any atom is 0.337 e. The van der Waals surface area contributed by atoms with Crippen LogP contribution >= 0.6 is 0 Å². The molecule has 1 heterocycles. The zero-order chi connectivity index (χ0) is 15.0. The first-order valence-corrected chi connectivity index (χ1v) is 7.58. The molecule has 1 saturated carbocycles. The summed E-state index contributed by atoms with van der Waals surface area (Å²) in [6.45, 7) is 2.21. The number of nitrogens with one attached hydrogen (secondary N) is 1. The Morgan fingerprint density at radius 1 is 1.33 bits per heavy atom. The van der Waals surface area contributed by atoms with E-state index in [1.165, 1.54) is 12.5 Å². The fraction of sp³-hybridized carbons (Fsp3) is 0.500. The third-order valence-corrected chi connectivity index (χ3v) is 4.74. The predicted molar refractivity (Wildman–Crippen MR) is 80.8 cm³/mol. The van der Waals surface area contributed by atoms with Crippen LogP contribution in [0.15, 0.2) is 23.0 Å². The number of hydrogen-bond acceptors (Lipinski definition) is 2. The number of hydrogen-bond donors (Lipinski definition) is 2. The van der Waals surface area contributed by atoms with E-state index in [1.807, 2.05) is 6.07 Å². The second-order valence-corrected chi connectivity index (χ2v) is 5.89. The summed E-state index contributed by atoms with van der Waals surface area (Å²) in [6, 6.07) is 5.23. The van der Waals surface area contributed by atoms with E-state index in [-0.39, 0.29) is 17.3 Å². The van der Waals surface area contributed by atoms with E-state index in [0.717, 1.165) is 31.6 Å². The molecule has 112 valence electrons. The van der Waals surface area contributed by atoms with Gasteiger partial charge in [-0.1, -0.05) is 19.4 Å². The van der Waals surface area contributed by atoms with E-state index in [2.05, 4.69) is 11.9 Å². The minimum absolute atomic E-state index is 0.158. The molecule has 0 aliphatic heterocycles. The molecule has 0 atom stereocenters. The minimum atomic E-state index is -1.01. The standard InChI is InChI=1S/C16H20N2O3/c1-2-10-6-8-11(9-7-10)18-13-5-3-4-12(15(19)20)14(13)17-16(18)21/h3-5,10-11H,2,6-9H2,1H3,(H,17,21)(H,19,20). The van der Waals surface area contributed by atoms with Crippen molar-refractivity contribution < 1.29 is 9.90 Å². The van der Waals surface area contributed by atoms with Crippen molar-refractivity contribution in [1.29, 1.82) is 0 Å². The van der Waals surface area contributed by atoms with Crippen LogP contribution < -0.4 is 5.69 Å². The summed E-state index contributed by atoms with van der Waals surface area (Å²) in [4.78, 5) is 26.3. The monoisotopic (exact) mass is 288 g/mol. The van der Waals surface area contributed by atoms with Crippen LogP contribution in [-0.2, 0) is 0 Å². The Hall–Kier alpha value is -2.04. The molecule has 0 saturated heterocycles. The molecule has 1 aliphatic rings. The zero-order valence-corrected chi connectivity index (χ0v) is 12.1. The molecule has 2 aromatic rings. The Labute approximate surface area is 122 Å². The van der Waals surface area contributed by atoms with E-state index in [9.17, 15) is 14.7 Å². The smallest absolute Gasteiger partial charge is 0.337 e. The number of fused-ring (bicyclic) bond motifs is 1. The quantitative estimate of drug-likeness (QED) is 0.911. The Morgan fingerprint density at radius 2 is 2.05 bits per heavy atom. The molecule has 0 amide bonds. The molecule has 0 radical (unpaired) electrons. The fourth-order valence-corrected chi connectivity index (χ4v) is 3.50. The van der Waals surface area contributed by atoms with Crippen molar-refractivity contribution in [3.63, 3.8) is 0 Å². The molecule has 0 spiro atoms. The average Bonchev–Trinajstić information content (AvgIpc) is 2.82. The van der Waals surface area contributed by atoms with Gasteiger partial charge in [-0.3, -0.25) is 4.57 Å². The Morgan fingerprint density at radius 3 is 2.67 bits per heavy atom. The summed E-state index contributed by atoms with van der Waals surface area (Å²) in [5.74, 6) is -0.250. The van der Waals surface area contributed by atoms with Crippen molar-refractivity contribution in [2.45, 2.75) is 45.1 Å². The molecule has 2 N–H and O–H groups in total. The van der Waals surface area contributed by atoms with Gasteiger partial charge in [-0.2, -0.15) is 0 Å². The second kappa shape index (κ2) is 5.39. The number of carbonyl (C=O) groups is 1. The van der Waals surface area contributed by atoms with Crippen LogP contribution in [0.2, 0.25) is 0 Å². The van der Waals surface area contributed by atoms with Gasteiger partial charge in [0.1, 0.15) is 0 Å². The Balaban J connectivity index is 2.04. The van der Waals surface area contributed by atoms with E-state index in [1.54, 1.807) is 10.6 Å². The van der Waals surface area contributed by atoms with Gasteiger partial charge in [0.2, 0.25) is 0 Å². The predicted octanol–water partition coefficient (Wildman–Crippen LogP) is 3.17. The summed E-state index contributed by atoms with van der Waals surface area (Å²) < 4.78 is 1.76. The second-order valence-electron chi connectivity index (χ2n) is 5.89.